The van der Waals surface area contributed by atoms with E-state index in [-0.39, 0.29) is 12.5 Å². The molecule has 0 aromatic heterocycles. The van der Waals surface area contributed by atoms with Crippen LogP contribution in [-0.4, -0.2) is 60.1 Å². The van der Waals surface area contributed by atoms with Crippen LogP contribution in [0.4, 0.5) is 0 Å². The second kappa shape index (κ2) is 14.0. The molecule has 2 atom stereocenters. The molecule has 2 aliphatic rings. The highest BCUT2D eigenvalue weighted by Gasteiger charge is 2.41. The van der Waals surface area contributed by atoms with E-state index >= 15 is 0 Å². The summed E-state index contributed by atoms with van der Waals surface area (Å²) in [6.45, 7) is 8.44. The Morgan fingerprint density at radius 3 is 1.91 bits per heavy atom. The van der Waals surface area contributed by atoms with E-state index in [0.29, 0.717) is 47.5 Å². The van der Waals surface area contributed by atoms with E-state index in [1.54, 1.807) is 47.6 Å². The van der Waals surface area contributed by atoms with Crippen molar-refractivity contribution in [2.45, 2.75) is 46.8 Å². The van der Waals surface area contributed by atoms with E-state index in [0.717, 1.165) is 50.1 Å². The summed E-state index contributed by atoms with van der Waals surface area (Å²) in [5.74, 6) is 3.16. The van der Waals surface area contributed by atoms with Crippen molar-refractivity contribution < 1.29 is 38.0 Å². The summed E-state index contributed by atoms with van der Waals surface area (Å²) in [5.41, 5.74) is 7.86. The maximum Gasteiger partial charge on any atom is 0.234 e. The van der Waals surface area contributed by atoms with Gasteiger partial charge in [-0.2, -0.15) is 0 Å². The molecule has 0 fully saturated rings. The van der Waals surface area contributed by atoms with E-state index in [2.05, 4.69) is 0 Å². The molecule has 0 unspecified atom stereocenters. The molecule has 47 heavy (non-hydrogen) atoms. The Labute approximate surface area is 277 Å². The molecule has 9 nitrogen and oxygen atoms in total. The van der Waals surface area contributed by atoms with Crippen LogP contribution >= 0.6 is 0 Å². The number of benzene rings is 3. The second-order valence-electron chi connectivity index (χ2n) is 11.8. The first-order valence-corrected chi connectivity index (χ1v) is 15.6. The van der Waals surface area contributed by atoms with Gasteiger partial charge in [0.25, 0.3) is 0 Å². The summed E-state index contributed by atoms with van der Waals surface area (Å²) in [6, 6.07) is 9.43. The molecule has 1 aliphatic carbocycles. The molecular formula is C38H45NO8. The lowest BCUT2D eigenvalue weighted by atomic mass is 9.80. The number of ether oxygens (including phenoxy) is 7. The van der Waals surface area contributed by atoms with Crippen LogP contribution in [0.3, 0.4) is 0 Å². The summed E-state index contributed by atoms with van der Waals surface area (Å²) in [6.07, 6.45) is 4.34. The molecule has 1 heterocycles. The fraction of sp³-hybridized carbons (Fsp3) is 0.395. The second-order valence-corrected chi connectivity index (χ2v) is 11.8. The quantitative estimate of drug-likeness (QED) is 0.219. The minimum atomic E-state index is -0.536. The third-order valence-corrected chi connectivity index (χ3v) is 9.25. The van der Waals surface area contributed by atoms with Crippen molar-refractivity contribution in [3.63, 3.8) is 0 Å². The number of hydrogen-bond donors (Lipinski definition) is 0. The summed E-state index contributed by atoms with van der Waals surface area (Å²) in [7, 11) is 9.75. The fourth-order valence-corrected chi connectivity index (χ4v) is 7.09. The summed E-state index contributed by atoms with van der Waals surface area (Å²) >= 11 is 0. The minimum absolute atomic E-state index is 0.0715. The Bertz CT molecular complexity index is 1730. The first kappa shape index (κ1) is 33.7. The van der Waals surface area contributed by atoms with Gasteiger partial charge in [0.1, 0.15) is 11.5 Å². The molecule has 0 radical (unpaired) electrons. The van der Waals surface area contributed by atoms with Gasteiger partial charge in [-0.05, 0) is 45.3 Å². The van der Waals surface area contributed by atoms with Gasteiger partial charge in [-0.1, -0.05) is 42.0 Å². The molecule has 1 aliphatic heterocycles. The van der Waals surface area contributed by atoms with Crippen LogP contribution in [0, 0.1) is 19.8 Å². The van der Waals surface area contributed by atoms with Crippen LogP contribution in [0.5, 0.6) is 34.5 Å². The largest absolute Gasteiger partial charge is 0.496 e. The molecular weight excluding hydrogens is 598 g/mol. The van der Waals surface area contributed by atoms with Gasteiger partial charge in [-0.3, -0.25) is 4.79 Å². The third-order valence-electron chi connectivity index (χ3n) is 9.25. The predicted octanol–water partition coefficient (Wildman–Crippen LogP) is 7.09. The van der Waals surface area contributed by atoms with Gasteiger partial charge in [0, 0.05) is 39.6 Å². The molecule has 0 bridgehead atoms. The van der Waals surface area contributed by atoms with Crippen LogP contribution in [0.15, 0.2) is 42.1 Å². The van der Waals surface area contributed by atoms with Crippen LogP contribution in [-0.2, 0) is 22.6 Å². The smallest absolute Gasteiger partial charge is 0.234 e. The van der Waals surface area contributed by atoms with Gasteiger partial charge < -0.3 is 38.1 Å². The van der Waals surface area contributed by atoms with Crippen LogP contribution in [0.25, 0.3) is 11.6 Å². The average molecular weight is 644 g/mol. The van der Waals surface area contributed by atoms with Gasteiger partial charge in [-0.25, -0.2) is 0 Å². The molecule has 5 rings (SSSR count). The monoisotopic (exact) mass is 643 g/mol. The first-order chi connectivity index (χ1) is 22.7. The zero-order valence-electron chi connectivity index (χ0n) is 29.0. The van der Waals surface area contributed by atoms with Crippen molar-refractivity contribution in [3.8, 4) is 34.5 Å². The van der Waals surface area contributed by atoms with Gasteiger partial charge in [0.15, 0.2) is 23.0 Å². The van der Waals surface area contributed by atoms with E-state index in [1.807, 2.05) is 70.3 Å². The number of rotatable bonds is 11. The summed E-state index contributed by atoms with van der Waals surface area (Å²) in [4.78, 5) is 16.7. The summed E-state index contributed by atoms with van der Waals surface area (Å²) in [5, 5.41) is 0. The molecule has 0 saturated carbocycles. The number of methoxy groups -OCH3 is 6. The topological polar surface area (TPSA) is 84.9 Å². The SMILES string of the molecule is COc1c(C)c(OC)c(OC)c2c1C[C@@H](C(=O)N1C=C(C)c3c(OC)c(C)c(OC)c(OC)c3[C@@H]1COCc1ccccc1)C(C)=C2. The maximum absolute atomic E-state index is 14.9. The fourth-order valence-electron chi connectivity index (χ4n) is 7.09. The maximum atomic E-state index is 14.9. The van der Waals surface area contributed by atoms with Crippen molar-refractivity contribution in [2.24, 2.45) is 5.92 Å². The molecule has 0 spiro atoms. The number of carbonyl (C=O) groups is 1. The van der Waals surface area contributed by atoms with E-state index in [9.17, 15) is 4.79 Å². The van der Waals surface area contributed by atoms with E-state index in [1.165, 1.54) is 0 Å². The number of nitrogens with zero attached hydrogens (tertiary/aromatic N) is 1. The third kappa shape index (κ3) is 5.78. The molecule has 250 valence electrons. The first-order valence-electron chi connectivity index (χ1n) is 15.6. The lowest BCUT2D eigenvalue weighted by molar-refractivity contribution is -0.135. The normalized spacial score (nSPS) is 16.8. The van der Waals surface area contributed by atoms with E-state index in [4.69, 9.17) is 33.2 Å². The van der Waals surface area contributed by atoms with Crippen LogP contribution in [0.1, 0.15) is 58.8 Å². The Hall–Kier alpha value is -4.63. The highest BCUT2D eigenvalue weighted by molar-refractivity contribution is 5.91. The molecule has 1 amide bonds. The van der Waals surface area contributed by atoms with Crippen molar-refractivity contribution in [3.05, 3.63) is 81.0 Å². The van der Waals surface area contributed by atoms with Crippen LogP contribution < -0.4 is 28.4 Å². The zero-order valence-corrected chi connectivity index (χ0v) is 29.0. The molecule has 3 aromatic rings. The van der Waals surface area contributed by atoms with Gasteiger partial charge in [0.2, 0.25) is 5.91 Å². The van der Waals surface area contributed by atoms with Crippen molar-refractivity contribution in [1.29, 1.82) is 0 Å². The standard InChI is InChI=1S/C38H45NO8/c1-21-16-27-28(32(41-5)23(3)34(43-7)36(27)45-9)17-26(21)38(40)39-18-22(2)30-31(29(39)20-47-19-25-14-12-11-13-15-25)37(46-10)35(44-8)24(4)33(30)42-6/h11-16,18,26,29H,17,19-20H2,1-10H3/t26-,29+/m1/s1. The van der Waals surface area contributed by atoms with Crippen molar-refractivity contribution >= 4 is 17.6 Å². The molecule has 9 heteroatoms. The lowest BCUT2D eigenvalue weighted by Gasteiger charge is -2.39. The Balaban J connectivity index is 1.63. The predicted molar refractivity (Wildman–Crippen MR) is 182 cm³/mol. The van der Waals surface area contributed by atoms with E-state index < -0.39 is 12.0 Å². The number of allylic oxidation sites excluding steroid dienone is 1. The zero-order chi connectivity index (χ0) is 34.0. The van der Waals surface area contributed by atoms with Gasteiger partial charge in [-0.15, -0.1) is 0 Å². The van der Waals surface area contributed by atoms with Gasteiger partial charge >= 0.3 is 0 Å². The minimum Gasteiger partial charge on any atom is -0.496 e. The Kier molecular flexibility index (Phi) is 10.1. The van der Waals surface area contributed by atoms with Gasteiger partial charge in [0.05, 0.1) is 67.8 Å². The Morgan fingerprint density at radius 1 is 0.745 bits per heavy atom. The number of fused-ring (bicyclic) bond motifs is 2. The highest BCUT2D eigenvalue weighted by atomic mass is 16.5. The number of hydrogen-bond acceptors (Lipinski definition) is 8. The Morgan fingerprint density at radius 2 is 1.32 bits per heavy atom. The molecule has 0 saturated heterocycles. The lowest BCUT2D eigenvalue weighted by Crippen LogP contribution is -2.41. The van der Waals surface area contributed by atoms with Crippen molar-refractivity contribution in [2.75, 3.05) is 49.3 Å². The van der Waals surface area contributed by atoms with Crippen molar-refractivity contribution in [1.82, 2.24) is 4.90 Å². The number of carbonyl (C=O) groups excluding carboxylic acids is 1. The molecule has 3 aromatic carbocycles. The summed E-state index contributed by atoms with van der Waals surface area (Å²) < 4.78 is 41.7. The highest BCUT2D eigenvalue weighted by Crippen LogP contribution is 2.53. The molecule has 0 N–H and O–H groups in total. The average Bonchev–Trinajstić information content (AvgIpc) is 3.08. The number of amides is 1. The van der Waals surface area contributed by atoms with Crippen LogP contribution in [0.2, 0.25) is 0 Å².